The van der Waals surface area contributed by atoms with Gasteiger partial charge in [0, 0.05) is 5.69 Å². The fourth-order valence-corrected chi connectivity index (χ4v) is 7.91. The first-order valence-corrected chi connectivity index (χ1v) is 15.5. The first-order chi connectivity index (χ1) is 21.9. The highest BCUT2D eigenvalue weighted by Crippen LogP contribution is 2.64. The van der Waals surface area contributed by atoms with Gasteiger partial charge in [0.15, 0.2) is 0 Å². The van der Waals surface area contributed by atoms with Gasteiger partial charge in [0.25, 0.3) is 0 Å². The maximum absolute atomic E-state index is 14.7. The standard InChI is InChI=1S/C34H36N6O5/c1-2-33-17-18-34(45-33)28(27(33)30(42)36-23-13-7-4-8-14-23)32(44)40(24(20-41)19-22-11-5-3-6-12-22)29(34)31(43)35-21-39-26-16-10-9-15-25(26)37-38-39/h3-16,24,27-29,41H,2,17-21H2,1H3,(H,35,43)(H,36,42)/t24-,27-,28+,29?,33+,34?/m1/s1. The number of hydrogen-bond donors (Lipinski definition) is 3. The van der Waals surface area contributed by atoms with Gasteiger partial charge in [0.05, 0.1) is 35.6 Å². The molecule has 3 amide bonds. The van der Waals surface area contributed by atoms with Crippen LogP contribution in [0.3, 0.4) is 0 Å². The van der Waals surface area contributed by atoms with Gasteiger partial charge >= 0.3 is 0 Å². The van der Waals surface area contributed by atoms with Gasteiger partial charge in [0.2, 0.25) is 17.7 Å². The summed E-state index contributed by atoms with van der Waals surface area (Å²) in [7, 11) is 0. The van der Waals surface area contributed by atoms with Crippen LogP contribution in [0.15, 0.2) is 84.9 Å². The zero-order valence-electron chi connectivity index (χ0n) is 25.0. The van der Waals surface area contributed by atoms with Gasteiger partial charge in [-0.3, -0.25) is 14.4 Å². The minimum absolute atomic E-state index is 0.0257. The van der Waals surface area contributed by atoms with Crippen LogP contribution in [-0.4, -0.2) is 72.6 Å². The number of ether oxygens (including phenoxy) is 1. The molecule has 2 unspecified atom stereocenters. The molecule has 3 aliphatic rings. The SMILES string of the molecule is CC[C@@]12CCC3(O1)C(C(=O)NCn1nnc4ccccc41)N([C@@H](CO)Cc1ccccc1)C(=O)[C@@H]3[C@@H]2C(=O)Nc1ccccc1. The molecular weight excluding hydrogens is 572 g/mol. The highest BCUT2D eigenvalue weighted by atomic mass is 16.5. The summed E-state index contributed by atoms with van der Waals surface area (Å²) in [5.74, 6) is -2.77. The number of nitrogens with zero attached hydrogens (tertiary/aromatic N) is 4. The number of aliphatic hydroxyl groups is 1. The van der Waals surface area contributed by atoms with Gasteiger partial charge in [-0.2, -0.15) is 0 Å². The Bertz CT molecular complexity index is 1730. The molecule has 45 heavy (non-hydrogen) atoms. The van der Waals surface area contributed by atoms with Crippen molar-refractivity contribution in [1.29, 1.82) is 0 Å². The minimum atomic E-state index is -1.23. The van der Waals surface area contributed by atoms with Gasteiger partial charge < -0.3 is 25.4 Å². The molecule has 11 nitrogen and oxygen atoms in total. The fraction of sp³-hybridized carbons (Fsp3) is 0.382. The van der Waals surface area contributed by atoms with Crippen molar-refractivity contribution < 1.29 is 24.2 Å². The molecule has 1 aromatic heterocycles. The Morgan fingerprint density at radius 1 is 1.00 bits per heavy atom. The van der Waals surface area contributed by atoms with Gasteiger partial charge in [-0.05, 0) is 55.5 Å². The number of amides is 3. The second-order valence-electron chi connectivity index (χ2n) is 12.2. The van der Waals surface area contributed by atoms with Crippen molar-refractivity contribution in [3.05, 3.63) is 90.5 Å². The lowest BCUT2D eigenvalue weighted by molar-refractivity contribution is -0.150. The highest BCUT2D eigenvalue weighted by molar-refractivity contribution is 6.02. The summed E-state index contributed by atoms with van der Waals surface area (Å²) in [5.41, 5.74) is 0.873. The second kappa shape index (κ2) is 11.4. The van der Waals surface area contributed by atoms with Crippen molar-refractivity contribution in [2.24, 2.45) is 11.8 Å². The molecule has 0 saturated carbocycles. The Labute approximate surface area is 260 Å². The number of anilines is 1. The first kappa shape index (κ1) is 29.1. The number of aliphatic hydroxyl groups excluding tert-OH is 1. The molecule has 4 aromatic rings. The lowest BCUT2D eigenvalue weighted by Crippen LogP contribution is -2.58. The third-order valence-electron chi connectivity index (χ3n) is 9.93. The third kappa shape index (κ3) is 4.69. The molecule has 4 heterocycles. The zero-order valence-corrected chi connectivity index (χ0v) is 25.0. The normalized spacial score (nSPS) is 27.5. The predicted octanol–water partition coefficient (Wildman–Crippen LogP) is 2.90. The van der Waals surface area contributed by atoms with Crippen molar-refractivity contribution >= 4 is 34.4 Å². The van der Waals surface area contributed by atoms with E-state index in [-0.39, 0.29) is 25.1 Å². The Hall–Kier alpha value is -4.61. The molecule has 3 aromatic carbocycles. The van der Waals surface area contributed by atoms with Crippen molar-refractivity contribution in [3.63, 3.8) is 0 Å². The van der Waals surface area contributed by atoms with E-state index in [1.165, 1.54) is 4.90 Å². The Balaban J connectivity index is 1.26. The van der Waals surface area contributed by atoms with Crippen molar-refractivity contribution in [3.8, 4) is 0 Å². The molecule has 232 valence electrons. The number of aromatic nitrogens is 3. The number of carbonyl (C=O) groups excluding carboxylic acids is 3. The average Bonchev–Trinajstić information content (AvgIpc) is 3.80. The molecule has 3 fully saturated rings. The second-order valence-corrected chi connectivity index (χ2v) is 12.2. The summed E-state index contributed by atoms with van der Waals surface area (Å²) >= 11 is 0. The van der Waals surface area contributed by atoms with Gasteiger partial charge in [-0.1, -0.05) is 72.8 Å². The maximum atomic E-state index is 14.7. The maximum Gasteiger partial charge on any atom is 0.247 e. The number of likely N-dealkylation sites (tertiary alicyclic amines) is 1. The molecule has 11 heteroatoms. The minimum Gasteiger partial charge on any atom is -0.394 e. The number of benzene rings is 3. The van der Waals surface area contributed by atoms with Crippen LogP contribution in [0.1, 0.15) is 31.7 Å². The van der Waals surface area contributed by atoms with Crippen LogP contribution in [0, 0.1) is 11.8 Å². The lowest BCUT2D eigenvalue weighted by Gasteiger charge is -2.37. The smallest absolute Gasteiger partial charge is 0.247 e. The van der Waals surface area contributed by atoms with Crippen molar-refractivity contribution in [1.82, 2.24) is 25.2 Å². The fourth-order valence-electron chi connectivity index (χ4n) is 7.91. The third-order valence-corrected chi connectivity index (χ3v) is 9.93. The molecule has 3 N–H and O–H groups in total. The first-order valence-electron chi connectivity index (χ1n) is 15.5. The van der Waals surface area contributed by atoms with E-state index in [9.17, 15) is 19.5 Å². The Morgan fingerprint density at radius 2 is 1.71 bits per heavy atom. The summed E-state index contributed by atoms with van der Waals surface area (Å²) in [5, 5.41) is 25.0. The van der Waals surface area contributed by atoms with Crippen LogP contribution < -0.4 is 10.6 Å². The quantitative estimate of drug-likeness (QED) is 0.252. The average molecular weight is 609 g/mol. The van der Waals surface area contributed by atoms with Crippen LogP contribution >= 0.6 is 0 Å². The highest BCUT2D eigenvalue weighted by Gasteiger charge is 2.79. The summed E-state index contributed by atoms with van der Waals surface area (Å²) in [4.78, 5) is 44.6. The molecule has 0 radical (unpaired) electrons. The van der Waals surface area contributed by atoms with Gasteiger partial charge in [-0.25, -0.2) is 4.68 Å². The molecular formula is C34H36N6O5. The van der Waals surface area contributed by atoms with Crippen molar-refractivity contribution in [2.75, 3.05) is 11.9 Å². The molecule has 3 aliphatic heterocycles. The number of carbonyl (C=O) groups is 3. The Kier molecular flexibility index (Phi) is 7.37. The lowest BCUT2D eigenvalue weighted by atomic mass is 9.65. The molecule has 1 spiro atoms. The van der Waals surface area contributed by atoms with Crippen LogP contribution in [0.2, 0.25) is 0 Å². The van der Waals surface area contributed by atoms with E-state index in [0.717, 1.165) is 11.1 Å². The van der Waals surface area contributed by atoms with Crippen LogP contribution in [0.5, 0.6) is 0 Å². The molecule has 6 atom stereocenters. The molecule has 3 saturated heterocycles. The van der Waals surface area contributed by atoms with Crippen LogP contribution in [0.25, 0.3) is 11.0 Å². The molecule has 0 aliphatic carbocycles. The number of rotatable bonds is 10. The van der Waals surface area contributed by atoms with E-state index < -0.39 is 41.0 Å². The van der Waals surface area contributed by atoms with E-state index in [2.05, 4.69) is 20.9 Å². The number of nitrogens with one attached hydrogen (secondary N) is 2. The van der Waals surface area contributed by atoms with Crippen molar-refractivity contribution in [2.45, 2.75) is 62.6 Å². The predicted molar refractivity (Wildman–Crippen MR) is 165 cm³/mol. The number of para-hydroxylation sites is 2. The van der Waals surface area contributed by atoms with E-state index in [1.54, 1.807) is 16.8 Å². The summed E-state index contributed by atoms with van der Waals surface area (Å²) in [6.45, 7) is 1.63. The number of fused-ring (bicyclic) bond motifs is 2. The number of hydrogen-bond acceptors (Lipinski definition) is 7. The topological polar surface area (TPSA) is 139 Å². The van der Waals surface area contributed by atoms with Gasteiger partial charge in [0.1, 0.15) is 23.8 Å². The van der Waals surface area contributed by atoms with E-state index in [0.29, 0.717) is 36.9 Å². The van der Waals surface area contributed by atoms with E-state index in [1.807, 2.05) is 79.7 Å². The molecule has 2 bridgehead atoms. The van der Waals surface area contributed by atoms with E-state index in [4.69, 9.17) is 4.74 Å². The van der Waals surface area contributed by atoms with Crippen LogP contribution in [0.4, 0.5) is 5.69 Å². The zero-order chi connectivity index (χ0) is 31.2. The molecule has 7 rings (SSSR count). The van der Waals surface area contributed by atoms with E-state index >= 15 is 0 Å². The monoisotopic (exact) mass is 608 g/mol. The Morgan fingerprint density at radius 3 is 2.44 bits per heavy atom. The summed E-state index contributed by atoms with van der Waals surface area (Å²) in [6.07, 6.45) is 1.83. The van der Waals surface area contributed by atoms with Crippen LogP contribution in [-0.2, 0) is 32.2 Å². The largest absolute Gasteiger partial charge is 0.394 e. The van der Waals surface area contributed by atoms with Gasteiger partial charge in [-0.15, -0.1) is 5.10 Å². The summed E-state index contributed by atoms with van der Waals surface area (Å²) < 4.78 is 8.47. The summed E-state index contributed by atoms with van der Waals surface area (Å²) in [6, 6.07) is 24.4.